The van der Waals surface area contributed by atoms with Crippen molar-refractivity contribution in [1.29, 1.82) is 0 Å². The normalized spacial score (nSPS) is 10.2. The van der Waals surface area contributed by atoms with Crippen LogP contribution in [0.3, 0.4) is 0 Å². The number of hydrogen-bond acceptors (Lipinski definition) is 5. The molecule has 2 N–H and O–H groups in total. The lowest BCUT2D eigenvalue weighted by Gasteiger charge is -2.12. The van der Waals surface area contributed by atoms with Gasteiger partial charge in [0.15, 0.2) is 0 Å². The van der Waals surface area contributed by atoms with Crippen molar-refractivity contribution in [3.05, 3.63) is 77.9 Å². The van der Waals surface area contributed by atoms with Crippen molar-refractivity contribution >= 4 is 17.3 Å². The zero-order chi connectivity index (χ0) is 18.4. The Hall–Kier alpha value is -3.41. The SMILES string of the molecule is COc1ccc(C)cc1Nc1ccnc(C(=O)NCc2ccncc2)c1. The third kappa shape index (κ3) is 4.36. The Morgan fingerprint density at radius 1 is 1.08 bits per heavy atom. The highest BCUT2D eigenvalue weighted by molar-refractivity contribution is 5.93. The minimum Gasteiger partial charge on any atom is -0.495 e. The van der Waals surface area contributed by atoms with Crippen LogP contribution in [0.25, 0.3) is 0 Å². The summed E-state index contributed by atoms with van der Waals surface area (Å²) in [6, 6.07) is 13.1. The van der Waals surface area contributed by atoms with Crippen molar-refractivity contribution in [2.45, 2.75) is 13.5 Å². The number of carbonyl (C=O) groups is 1. The van der Waals surface area contributed by atoms with Gasteiger partial charge in [-0.2, -0.15) is 0 Å². The number of pyridine rings is 2. The van der Waals surface area contributed by atoms with E-state index in [2.05, 4.69) is 20.6 Å². The van der Waals surface area contributed by atoms with Crippen LogP contribution >= 0.6 is 0 Å². The summed E-state index contributed by atoms with van der Waals surface area (Å²) in [7, 11) is 1.63. The van der Waals surface area contributed by atoms with E-state index in [9.17, 15) is 4.79 Å². The lowest BCUT2D eigenvalue weighted by molar-refractivity contribution is 0.0946. The van der Waals surface area contributed by atoms with Crippen LogP contribution in [0.4, 0.5) is 11.4 Å². The van der Waals surface area contributed by atoms with Crippen molar-refractivity contribution in [2.24, 2.45) is 0 Å². The smallest absolute Gasteiger partial charge is 0.270 e. The standard InChI is InChI=1S/C20H20N4O2/c1-14-3-4-19(26-2)17(11-14)24-16-7-10-22-18(12-16)20(25)23-13-15-5-8-21-9-6-15/h3-12H,13H2,1-2H3,(H,22,24)(H,23,25). The molecule has 0 aliphatic carbocycles. The molecular weight excluding hydrogens is 328 g/mol. The monoisotopic (exact) mass is 348 g/mol. The Bertz CT molecular complexity index is 897. The molecule has 3 rings (SSSR count). The van der Waals surface area contributed by atoms with Gasteiger partial charge >= 0.3 is 0 Å². The number of aromatic nitrogens is 2. The maximum atomic E-state index is 12.4. The third-order valence-corrected chi connectivity index (χ3v) is 3.83. The van der Waals surface area contributed by atoms with Crippen LogP contribution in [0.5, 0.6) is 5.75 Å². The topological polar surface area (TPSA) is 76.1 Å². The van der Waals surface area contributed by atoms with E-state index < -0.39 is 0 Å². The molecule has 0 aliphatic rings. The summed E-state index contributed by atoms with van der Waals surface area (Å²) in [5.41, 5.74) is 4.03. The Morgan fingerprint density at radius 2 is 1.88 bits per heavy atom. The van der Waals surface area contributed by atoms with Gasteiger partial charge in [0.05, 0.1) is 12.8 Å². The second-order valence-electron chi connectivity index (χ2n) is 5.80. The molecule has 0 bridgehead atoms. The number of benzene rings is 1. The van der Waals surface area contributed by atoms with Gasteiger partial charge in [-0.15, -0.1) is 0 Å². The number of hydrogen-bond donors (Lipinski definition) is 2. The fraction of sp³-hybridized carbons (Fsp3) is 0.150. The van der Waals surface area contributed by atoms with Crippen LogP contribution in [0, 0.1) is 6.92 Å². The van der Waals surface area contributed by atoms with Gasteiger partial charge in [0.25, 0.3) is 5.91 Å². The number of nitrogens with zero attached hydrogens (tertiary/aromatic N) is 2. The van der Waals surface area contributed by atoms with Gasteiger partial charge in [0.1, 0.15) is 11.4 Å². The molecule has 0 spiro atoms. The fourth-order valence-electron chi connectivity index (χ4n) is 2.48. The van der Waals surface area contributed by atoms with E-state index in [4.69, 9.17) is 4.74 Å². The average molecular weight is 348 g/mol. The van der Waals surface area contributed by atoms with Gasteiger partial charge in [-0.25, -0.2) is 0 Å². The number of ether oxygens (including phenoxy) is 1. The first-order valence-corrected chi connectivity index (χ1v) is 8.20. The molecule has 6 nitrogen and oxygen atoms in total. The summed E-state index contributed by atoms with van der Waals surface area (Å²) in [5, 5.41) is 6.14. The number of aryl methyl sites for hydroxylation is 1. The van der Waals surface area contributed by atoms with Crippen LogP contribution in [0.2, 0.25) is 0 Å². The minimum absolute atomic E-state index is 0.235. The van der Waals surface area contributed by atoms with Crippen molar-refractivity contribution in [1.82, 2.24) is 15.3 Å². The molecule has 132 valence electrons. The lowest BCUT2D eigenvalue weighted by Crippen LogP contribution is -2.23. The molecule has 0 aliphatic heterocycles. The van der Waals surface area contributed by atoms with Crippen LogP contribution in [0.15, 0.2) is 61.1 Å². The van der Waals surface area contributed by atoms with Gasteiger partial charge in [-0.1, -0.05) is 6.07 Å². The van der Waals surface area contributed by atoms with E-state index in [1.807, 2.05) is 37.3 Å². The van der Waals surface area contributed by atoms with Crippen LogP contribution in [-0.4, -0.2) is 23.0 Å². The maximum absolute atomic E-state index is 12.4. The molecule has 1 amide bonds. The lowest BCUT2D eigenvalue weighted by atomic mass is 10.2. The molecule has 26 heavy (non-hydrogen) atoms. The molecule has 3 aromatic rings. The molecule has 0 unspecified atom stereocenters. The average Bonchev–Trinajstić information content (AvgIpc) is 2.67. The van der Waals surface area contributed by atoms with Gasteiger partial charge in [0.2, 0.25) is 0 Å². The Balaban J connectivity index is 1.72. The number of amides is 1. The first kappa shape index (κ1) is 17.4. The fourth-order valence-corrected chi connectivity index (χ4v) is 2.48. The molecule has 0 saturated carbocycles. The molecule has 0 fully saturated rings. The van der Waals surface area contributed by atoms with E-state index >= 15 is 0 Å². The minimum atomic E-state index is -0.235. The van der Waals surface area contributed by atoms with Gasteiger partial charge < -0.3 is 15.4 Å². The van der Waals surface area contributed by atoms with Crippen LogP contribution < -0.4 is 15.4 Å². The molecule has 2 aromatic heterocycles. The van der Waals surface area contributed by atoms with E-state index in [-0.39, 0.29) is 5.91 Å². The third-order valence-electron chi connectivity index (χ3n) is 3.83. The van der Waals surface area contributed by atoms with Crippen molar-refractivity contribution in [3.8, 4) is 5.75 Å². The molecule has 0 saturated heterocycles. The van der Waals surface area contributed by atoms with Crippen molar-refractivity contribution in [3.63, 3.8) is 0 Å². The predicted molar refractivity (Wildman–Crippen MR) is 101 cm³/mol. The largest absolute Gasteiger partial charge is 0.495 e. The van der Waals surface area contributed by atoms with Crippen molar-refractivity contribution in [2.75, 3.05) is 12.4 Å². The molecular formula is C20H20N4O2. The maximum Gasteiger partial charge on any atom is 0.270 e. The molecule has 2 heterocycles. The van der Waals surface area contributed by atoms with E-state index in [0.29, 0.717) is 12.2 Å². The summed E-state index contributed by atoms with van der Waals surface area (Å²) in [5.74, 6) is 0.498. The van der Waals surface area contributed by atoms with E-state index in [1.165, 1.54) is 0 Å². The van der Waals surface area contributed by atoms with Crippen LogP contribution in [0.1, 0.15) is 21.6 Å². The first-order chi connectivity index (χ1) is 12.7. The predicted octanol–water partition coefficient (Wildman–Crippen LogP) is 3.47. The first-order valence-electron chi connectivity index (χ1n) is 8.20. The number of nitrogens with one attached hydrogen (secondary N) is 2. The number of carbonyl (C=O) groups excluding carboxylic acids is 1. The van der Waals surface area contributed by atoms with E-state index in [0.717, 1.165) is 28.3 Å². The Morgan fingerprint density at radius 3 is 2.65 bits per heavy atom. The van der Waals surface area contributed by atoms with Crippen LogP contribution in [-0.2, 0) is 6.54 Å². The number of methoxy groups -OCH3 is 1. The highest BCUT2D eigenvalue weighted by Crippen LogP contribution is 2.28. The molecule has 1 aromatic carbocycles. The second kappa shape index (κ2) is 8.11. The summed E-state index contributed by atoms with van der Waals surface area (Å²) in [4.78, 5) is 20.5. The summed E-state index contributed by atoms with van der Waals surface area (Å²) < 4.78 is 5.38. The Kier molecular flexibility index (Phi) is 5.43. The molecule has 0 atom stereocenters. The molecule has 6 heteroatoms. The highest BCUT2D eigenvalue weighted by atomic mass is 16.5. The summed E-state index contributed by atoms with van der Waals surface area (Å²) in [6.45, 7) is 2.43. The second-order valence-corrected chi connectivity index (χ2v) is 5.80. The zero-order valence-corrected chi connectivity index (χ0v) is 14.7. The number of anilines is 2. The highest BCUT2D eigenvalue weighted by Gasteiger charge is 2.09. The Labute approximate surface area is 152 Å². The summed E-state index contributed by atoms with van der Waals surface area (Å²) >= 11 is 0. The molecule has 0 radical (unpaired) electrons. The van der Waals surface area contributed by atoms with Gasteiger partial charge in [0, 0.05) is 30.8 Å². The van der Waals surface area contributed by atoms with Gasteiger partial charge in [-0.05, 0) is 54.4 Å². The van der Waals surface area contributed by atoms with E-state index in [1.54, 1.807) is 37.8 Å². The zero-order valence-electron chi connectivity index (χ0n) is 14.7. The quantitative estimate of drug-likeness (QED) is 0.713. The van der Waals surface area contributed by atoms with Crippen molar-refractivity contribution < 1.29 is 9.53 Å². The number of rotatable bonds is 6. The summed E-state index contributed by atoms with van der Waals surface area (Å²) in [6.07, 6.45) is 4.99. The van der Waals surface area contributed by atoms with Gasteiger partial charge in [-0.3, -0.25) is 14.8 Å².